The summed E-state index contributed by atoms with van der Waals surface area (Å²) in [4.78, 5) is 28.2. The Hall–Kier alpha value is -2.30. The van der Waals surface area contributed by atoms with Crippen molar-refractivity contribution in [2.75, 3.05) is 26.3 Å². The molecule has 0 aromatic heterocycles. The second-order valence-electron chi connectivity index (χ2n) is 8.70. The lowest BCUT2D eigenvalue weighted by molar-refractivity contribution is -0.127. The average molecular weight is 400 g/mol. The van der Waals surface area contributed by atoms with Crippen LogP contribution in [0.4, 0.5) is 0 Å². The molecule has 29 heavy (non-hydrogen) atoms. The van der Waals surface area contributed by atoms with E-state index in [4.69, 9.17) is 9.47 Å². The Balaban J connectivity index is 1.98. The van der Waals surface area contributed by atoms with Gasteiger partial charge in [0.1, 0.15) is 0 Å². The Bertz CT molecular complexity index is 781. The zero-order valence-corrected chi connectivity index (χ0v) is 18.2. The summed E-state index contributed by atoms with van der Waals surface area (Å²) in [6.07, 6.45) is 3.60. The highest BCUT2D eigenvalue weighted by atomic mass is 16.5. The van der Waals surface area contributed by atoms with Crippen LogP contribution in [0.15, 0.2) is 29.5 Å². The summed E-state index contributed by atoms with van der Waals surface area (Å²) < 4.78 is 11.4. The van der Waals surface area contributed by atoms with E-state index < -0.39 is 0 Å². The van der Waals surface area contributed by atoms with Crippen LogP contribution in [-0.4, -0.2) is 42.8 Å². The van der Waals surface area contributed by atoms with Gasteiger partial charge < -0.3 is 14.4 Å². The molecule has 0 radical (unpaired) electrons. The number of hydrogen-bond acceptors (Lipinski definition) is 5. The summed E-state index contributed by atoms with van der Waals surface area (Å²) in [5.74, 6) is 1.41. The number of ketones is 2. The summed E-state index contributed by atoms with van der Waals surface area (Å²) in [6, 6.07) is 5.91. The van der Waals surface area contributed by atoms with Crippen molar-refractivity contribution in [2.24, 2.45) is 5.41 Å². The van der Waals surface area contributed by atoms with Gasteiger partial charge in [0.25, 0.3) is 0 Å². The van der Waals surface area contributed by atoms with Crippen LogP contribution in [-0.2, 0) is 16.0 Å². The van der Waals surface area contributed by atoms with E-state index in [-0.39, 0.29) is 17.0 Å². The van der Waals surface area contributed by atoms with Gasteiger partial charge in [0, 0.05) is 38.0 Å². The molecule has 1 aliphatic heterocycles. The van der Waals surface area contributed by atoms with Gasteiger partial charge in [-0.25, -0.2) is 0 Å². The van der Waals surface area contributed by atoms with E-state index in [2.05, 4.69) is 4.90 Å². The van der Waals surface area contributed by atoms with Crippen molar-refractivity contribution in [1.29, 1.82) is 0 Å². The number of hydrogen-bond donors (Lipinski definition) is 0. The number of rotatable bonds is 7. The molecule has 0 N–H and O–H groups in total. The van der Waals surface area contributed by atoms with Gasteiger partial charge >= 0.3 is 0 Å². The van der Waals surface area contributed by atoms with E-state index in [1.165, 1.54) is 0 Å². The minimum Gasteiger partial charge on any atom is -0.490 e. The Morgan fingerprint density at radius 3 is 2.14 bits per heavy atom. The zero-order chi connectivity index (χ0) is 21.0. The molecule has 1 heterocycles. The van der Waals surface area contributed by atoms with E-state index in [1.807, 2.05) is 45.9 Å². The lowest BCUT2D eigenvalue weighted by Crippen LogP contribution is -2.35. The maximum absolute atomic E-state index is 13.0. The van der Waals surface area contributed by atoms with Crippen molar-refractivity contribution in [2.45, 2.75) is 59.8 Å². The Labute approximate surface area is 174 Å². The molecule has 3 rings (SSSR count). The van der Waals surface area contributed by atoms with Crippen molar-refractivity contribution in [1.82, 2.24) is 4.90 Å². The molecule has 2 aliphatic rings. The maximum atomic E-state index is 13.0. The molecule has 5 nitrogen and oxygen atoms in total. The quantitative estimate of drug-likeness (QED) is 0.504. The molecule has 0 amide bonds. The lowest BCUT2D eigenvalue weighted by Gasteiger charge is -2.32. The average Bonchev–Trinajstić information content (AvgIpc) is 3.16. The standard InChI is InChI=1S/C24H33NO4/c1-5-28-21-10-9-17(14-22(21)29-6-2)13-18(25-11-7-8-12-25)23-19(26)15-24(3,4)16-20(23)27/h9-10,14H,5-8,11-13,15-16H2,1-4H3. The van der Waals surface area contributed by atoms with Crippen molar-refractivity contribution < 1.29 is 19.1 Å². The van der Waals surface area contributed by atoms with Gasteiger partial charge in [-0.2, -0.15) is 0 Å². The summed E-state index contributed by atoms with van der Waals surface area (Å²) in [5.41, 5.74) is 2.09. The molecule has 1 aliphatic carbocycles. The molecule has 0 atom stereocenters. The molecule has 158 valence electrons. The SMILES string of the molecule is CCOc1ccc(CC(=C2C(=O)CC(C)(C)CC2=O)N2CCCC2)cc1OCC. The molecular weight excluding hydrogens is 366 g/mol. The van der Waals surface area contributed by atoms with Gasteiger partial charge in [-0.15, -0.1) is 0 Å². The fourth-order valence-electron chi connectivity index (χ4n) is 4.33. The van der Waals surface area contributed by atoms with E-state index >= 15 is 0 Å². The van der Waals surface area contributed by atoms with Crippen LogP contribution in [0.2, 0.25) is 0 Å². The van der Waals surface area contributed by atoms with Crippen LogP contribution in [0, 0.1) is 5.41 Å². The van der Waals surface area contributed by atoms with Gasteiger partial charge in [-0.05, 0) is 49.8 Å². The topological polar surface area (TPSA) is 55.8 Å². The fourth-order valence-corrected chi connectivity index (χ4v) is 4.33. The summed E-state index contributed by atoms with van der Waals surface area (Å²) in [5, 5.41) is 0. The van der Waals surface area contributed by atoms with E-state index in [0.29, 0.717) is 43.8 Å². The van der Waals surface area contributed by atoms with Gasteiger partial charge in [0.15, 0.2) is 23.1 Å². The first-order valence-corrected chi connectivity index (χ1v) is 10.8. The van der Waals surface area contributed by atoms with Crippen LogP contribution in [0.3, 0.4) is 0 Å². The van der Waals surface area contributed by atoms with Gasteiger partial charge in [-0.1, -0.05) is 19.9 Å². The first-order chi connectivity index (χ1) is 13.8. The van der Waals surface area contributed by atoms with Crippen molar-refractivity contribution in [3.8, 4) is 11.5 Å². The van der Waals surface area contributed by atoms with E-state index in [9.17, 15) is 9.59 Å². The maximum Gasteiger partial charge on any atom is 0.168 e. The number of Topliss-reactive ketones (excluding diaryl/α,β-unsaturated/α-hetero) is 2. The highest BCUT2D eigenvalue weighted by Gasteiger charge is 2.38. The predicted molar refractivity (Wildman–Crippen MR) is 113 cm³/mol. The Kier molecular flexibility index (Phi) is 6.66. The Morgan fingerprint density at radius 2 is 1.55 bits per heavy atom. The molecule has 1 aromatic carbocycles. The van der Waals surface area contributed by atoms with Crippen molar-refractivity contribution in [3.63, 3.8) is 0 Å². The number of nitrogens with zero attached hydrogens (tertiary/aromatic N) is 1. The highest BCUT2D eigenvalue weighted by molar-refractivity contribution is 6.22. The number of allylic oxidation sites excluding steroid dienone is 2. The van der Waals surface area contributed by atoms with Crippen LogP contribution in [0.25, 0.3) is 0 Å². The first kappa shape index (κ1) is 21.4. The fraction of sp³-hybridized carbons (Fsp3) is 0.583. The zero-order valence-electron chi connectivity index (χ0n) is 18.2. The summed E-state index contributed by atoms with van der Waals surface area (Å²) >= 11 is 0. The molecular formula is C24H33NO4. The van der Waals surface area contributed by atoms with E-state index in [0.717, 1.165) is 42.9 Å². The third-order valence-corrected chi connectivity index (χ3v) is 5.59. The molecule has 0 spiro atoms. The minimum absolute atomic E-state index is 0.0101. The molecule has 1 aromatic rings. The monoisotopic (exact) mass is 399 g/mol. The highest BCUT2D eigenvalue weighted by Crippen LogP contribution is 2.37. The molecule has 1 saturated heterocycles. The van der Waals surface area contributed by atoms with Crippen LogP contribution in [0.5, 0.6) is 11.5 Å². The normalized spacial score (nSPS) is 18.9. The van der Waals surface area contributed by atoms with Crippen LogP contribution < -0.4 is 9.47 Å². The smallest absolute Gasteiger partial charge is 0.168 e. The number of carbonyl (C=O) groups is 2. The third kappa shape index (κ3) is 5.01. The number of benzene rings is 1. The molecule has 5 heteroatoms. The molecule has 1 saturated carbocycles. The second-order valence-corrected chi connectivity index (χ2v) is 8.70. The first-order valence-electron chi connectivity index (χ1n) is 10.8. The van der Waals surface area contributed by atoms with Gasteiger partial charge in [0.05, 0.1) is 18.8 Å². The summed E-state index contributed by atoms with van der Waals surface area (Å²) in [7, 11) is 0. The minimum atomic E-state index is -0.255. The number of ether oxygens (including phenoxy) is 2. The summed E-state index contributed by atoms with van der Waals surface area (Å²) in [6.45, 7) is 10.8. The Morgan fingerprint density at radius 1 is 0.966 bits per heavy atom. The van der Waals surface area contributed by atoms with E-state index in [1.54, 1.807) is 0 Å². The molecule has 2 fully saturated rings. The van der Waals surface area contributed by atoms with Crippen LogP contribution in [0.1, 0.15) is 58.9 Å². The largest absolute Gasteiger partial charge is 0.490 e. The molecule has 0 bridgehead atoms. The number of likely N-dealkylation sites (tertiary alicyclic amines) is 1. The third-order valence-electron chi connectivity index (χ3n) is 5.59. The second kappa shape index (κ2) is 9.02. The number of carbonyl (C=O) groups excluding carboxylic acids is 2. The van der Waals surface area contributed by atoms with Gasteiger partial charge in [0.2, 0.25) is 0 Å². The predicted octanol–water partition coefficient (Wildman–Crippen LogP) is 4.33. The lowest BCUT2D eigenvalue weighted by atomic mass is 9.73. The van der Waals surface area contributed by atoms with Crippen molar-refractivity contribution >= 4 is 11.6 Å². The molecule has 0 unspecified atom stereocenters. The van der Waals surface area contributed by atoms with Gasteiger partial charge in [-0.3, -0.25) is 9.59 Å². The van der Waals surface area contributed by atoms with Crippen LogP contribution >= 0.6 is 0 Å². The van der Waals surface area contributed by atoms with Crippen molar-refractivity contribution in [3.05, 3.63) is 35.0 Å².